The van der Waals surface area contributed by atoms with Gasteiger partial charge in [0, 0.05) is 7.11 Å². The van der Waals surface area contributed by atoms with Crippen molar-refractivity contribution in [3.05, 3.63) is 35.3 Å². The maximum Gasteiger partial charge on any atom is 0.360 e. The Labute approximate surface area is 162 Å². The maximum absolute atomic E-state index is 12.2. The van der Waals surface area contributed by atoms with Gasteiger partial charge in [-0.05, 0) is 31.5 Å². The van der Waals surface area contributed by atoms with Gasteiger partial charge >= 0.3 is 5.97 Å². The van der Waals surface area contributed by atoms with E-state index in [1.54, 1.807) is 25.7 Å². The molecule has 2 heterocycles. The van der Waals surface area contributed by atoms with Crippen molar-refractivity contribution in [1.29, 1.82) is 0 Å². The highest BCUT2D eigenvalue weighted by molar-refractivity contribution is 5.89. The Morgan fingerprint density at radius 1 is 1.04 bits per heavy atom. The highest BCUT2D eigenvalue weighted by Crippen LogP contribution is 2.35. The molecule has 3 rings (SSSR count). The molecule has 2 aromatic heterocycles. The molecule has 0 aliphatic carbocycles. The molecule has 9 nitrogen and oxygen atoms in total. The van der Waals surface area contributed by atoms with E-state index in [0.717, 1.165) is 16.8 Å². The molecule has 0 unspecified atom stereocenters. The molecule has 0 N–H and O–H groups in total. The highest BCUT2D eigenvalue weighted by atomic mass is 16.6. The second-order valence-electron chi connectivity index (χ2n) is 6.03. The van der Waals surface area contributed by atoms with Gasteiger partial charge in [0.2, 0.25) is 0 Å². The van der Waals surface area contributed by atoms with Crippen LogP contribution >= 0.6 is 0 Å². The van der Waals surface area contributed by atoms with Gasteiger partial charge in [-0.3, -0.25) is 0 Å². The van der Waals surface area contributed by atoms with E-state index in [2.05, 4.69) is 15.3 Å². The first kappa shape index (κ1) is 19.6. The van der Waals surface area contributed by atoms with Crippen LogP contribution in [0.3, 0.4) is 0 Å². The third-order valence-electron chi connectivity index (χ3n) is 4.33. The van der Waals surface area contributed by atoms with Crippen molar-refractivity contribution in [3.8, 4) is 22.6 Å². The fraction of sp³-hybridized carbons (Fsp3) is 0.368. The van der Waals surface area contributed by atoms with Crippen LogP contribution in [0.25, 0.3) is 16.8 Å². The lowest BCUT2D eigenvalue weighted by atomic mass is 10.1. The zero-order chi connectivity index (χ0) is 20.3. The van der Waals surface area contributed by atoms with E-state index in [9.17, 15) is 4.79 Å². The minimum absolute atomic E-state index is 0.116. The molecule has 9 heteroatoms. The van der Waals surface area contributed by atoms with E-state index in [4.69, 9.17) is 18.9 Å². The van der Waals surface area contributed by atoms with Crippen LogP contribution in [0.4, 0.5) is 0 Å². The molecular weight excluding hydrogens is 364 g/mol. The third kappa shape index (κ3) is 3.48. The summed E-state index contributed by atoms with van der Waals surface area (Å²) < 4.78 is 22.3. The molecule has 0 aliphatic rings. The van der Waals surface area contributed by atoms with Gasteiger partial charge in [-0.15, -0.1) is 10.2 Å². The van der Waals surface area contributed by atoms with Gasteiger partial charge in [0.1, 0.15) is 6.61 Å². The van der Waals surface area contributed by atoms with Gasteiger partial charge in [-0.2, -0.15) is 5.10 Å². The first-order valence-electron chi connectivity index (χ1n) is 8.62. The Hall–Kier alpha value is -3.20. The number of hydrogen-bond acceptors (Lipinski definition) is 8. The summed E-state index contributed by atoms with van der Waals surface area (Å²) >= 11 is 0. The van der Waals surface area contributed by atoms with Crippen molar-refractivity contribution in [2.45, 2.75) is 13.8 Å². The summed E-state index contributed by atoms with van der Waals surface area (Å²) in [7, 11) is 4.70. The third-order valence-corrected chi connectivity index (χ3v) is 4.33. The summed E-state index contributed by atoms with van der Waals surface area (Å²) in [4.78, 5) is 12.2. The maximum atomic E-state index is 12.2. The van der Waals surface area contributed by atoms with E-state index in [0.29, 0.717) is 29.4 Å². The van der Waals surface area contributed by atoms with Crippen LogP contribution in [0, 0.1) is 13.8 Å². The molecule has 0 amide bonds. The van der Waals surface area contributed by atoms with Crippen molar-refractivity contribution >= 4 is 11.6 Å². The largest absolute Gasteiger partial charge is 0.493 e. The van der Waals surface area contributed by atoms with Gasteiger partial charge in [-0.1, -0.05) is 6.07 Å². The van der Waals surface area contributed by atoms with E-state index >= 15 is 0 Å². The predicted octanol–water partition coefficient (Wildman–Crippen LogP) is 2.23. The van der Waals surface area contributed by atoms with Gasteiger partial charge in [-0.25, -0.2) is 9.31 Å². The van der Waals surface area contributed by atoms with Crippen LogP contribution in [-0.2, 0) is 9.47 Å². The Morgan fingerprint density at radius 2 is 1.79 bits per heavy atom. The van der Waals surface area contributed by atoms with E-state index in [1.165, 1.54) is 7.11 Å². The molecule has 1 aromatic carbocycles. The first-order valence-corrected chi connectivity index (χ1v) is 8.62. The Morgan fingerprint density at radius 3 is 2.46 bits per heavy atom. The van der Waals surface area contributed by atoms with Crippen LogP contribution in [0.15, 0.2) is 18.2 Å². The molecule has 28 heavy (non-hydrogen) atoms. The number of rotatable bonds is 7. The smallest absolute Gasteiger partial charge is 0.360 e. The van der Waals surface area contributed by atoms with Crippen LogP contribution in [0.5, 0.6) is 11.5 Å². The highest BCUT2D eigenvalue weighted by Gasteiger charge is 2.21. The number of aryl methyl sites for hydroxylation is 2. The fourth-order valence-corrected chi connectivity index (χ4v) is 2.92. The summed E-state index contributed by atoms with van der Waals surface area (Å²) in [5.74, 6) is 0.662. The van der Waals surface area contributed by atoms with E-state index in [-0.39, 0.29) is 12.3 Å². The lowest BCUT2D eigenvalue weighted by Crippen LogP contribution is -2.16. The van der Waals surface area contributed by atoms with Crippen molar-refractivity contribution < 1.29 is 23.7 Å². The number of carbonyl (C=O) groups is 1. The average molecular weight is 386 g/mol. The summed E-state index contributed by atoms with van der Waals surface area (Å²) in [6.07, 6.45) is 0. The molecule has 0 saturated carbocycles. The number of nitrogens with zero attached hydrogens (tertiary/aromatic N) is 4. The number of hydrogen-bond donors (Lipinski definition) is 0. The Kier molecular flexibility index (Phi) is 5.74. The summed E-state index contributed by atoms with van der Waals surface area (Å²) in [5.41, 5.74) is 3.60. The van der Waals surface area contributed by atoms with E-state index < -0.39 is 5.97 Å². The fourth-order valence-electron chi connectivity index (χ4n) is 2.92. The quantitative estimate of drug-likeness (QED) is 0.450. The van der Waals surface area contributed by atoms with Gasteiger partial charge in [0.15, 0.2) is 22.8 Å². The average Bonchev–Trinajstić information content (AvgIpc) is 3.04. The number of aromatic nitrogens is 4. The number of ether oxygens (including phenoxy) is 4. The number of esters is 1. The van der Waals surface area contributed by atoms with Gasteiger partial charge < -0.3 is 18.9 Å². The second kappa shape index (κ2) is 8.22. The summed E-state index contributed by atoms with van der Waals surface area (Å²) in [6.45, 7) is 4.07. The molecule has 0 bridgehead atoms. The topological polar surface area (TPSA) is 97.1 Å². The predicted molar refractivity (Wildman–Crippen MR) is 101 cm³/mol. The molecular formula is C19H22N4O5. The van der Waals surface area contributed by atoms with Crippen molar-refractivity contribution in [2.75, 3.05) is 34.5 Å². The molecule has 3 aromatic rings. The zero-order valence-electron chi connectivity index (χ0n) is 16.5. The number of benzene rings is 1. The molecule has 0 radical (unpaired) electrons. The molecule has 0 spiro atoms. The standard InChI is InChI=1S/C19H22N4O5/c1-11-16(13-6-7-14(26-4)15(10-13)27-5)18-21-20-17(12(2)23(18)22-11)19(24)28-9-8-25-3/h6-7,10H,8-9H2,1-5H3. The Balaban J connectivity index is 2.06. The number of methoxy groups -OCH3 is 3. The lowest BCUT2D eigenvalue weighted by Gasteiger charge is -2.09. The molecule has 0 saturated heterocycles. The molecule has 148 valence electrons. The number of fused-ring (bicyclic) bond motifs is 1. The summed E-state index contributed by atoms with van der Waals surface area (Å²) in [6, 6.07) is 5.57. The SMILES string of the molecule is COCCOC(=O)c1nnc2c(-c3ccc(OC)c(OC)c3)c(C)nn2c1C. The molecule has 0 atom stereocenters. The van der Waals surface area contributed by atoms with Crippen LogP contribution in [0.2, 0.25) is 0 Å². The van der Waals surface area contributed by atoms with E-state index in [1.807, 2.05) is 25.1 Å². The van der Waals surface area contributed by atoms with Crippen molar-refractivity contribution in [1.82, 2.24) is 19.8 Å². The minimum atomic E-state index is -0.565. The monoisotopic (exact) mass is 386 g/mol. The van der Waals surface area contributed by atoms with Gasteiger partial charge in [0.25, 0.3) is 0 Å². The lowest BCUT2D eigenvalue weighted by molar-refractivity contribution is 0.0378. The summed E-state index contributed by atoms with van der Waals surface area (Å²) in [5, 5.41) is 12.8. The zero-order valence-corrected chi connectivity index (χ0v) is 16.5. The van der Waals surface area contributed by atoms with Crippen molar-refractivity contribution in [3.63, 3.8) is 0 Å². The number of carbonyl (C=O) groups excluding carboxylic acids is 1. The Bertz CT molecular complexity index is 1020. The first-order chi connectivity index (χ1) is 13.5. The second-order valence-corrected chi connectivity index (χ2v) is 6.03. The van der Waals surface area contributed by atoms with Crippen LogP contribution < -0.4 is 9.47 Å². The molecule has 0 aliphatic heterocycles. The minimum Gasteiger partial charge on any atom is -0.493 e. The van der Waals surface area contributed by atoms with Gasteiger partial charge in [0.05, 0.1) is 37.8 Å². The normalized spacial score (nSPS) is 10.9. The van der Waals surface area contributed by atoms with Crippen LogP contribution in [0.1, 0.15) is 21.9 Å². The van der Waals surface area contributed by atoms with Crippen molar-refractivity contribution in [2.24, 2.45) is 0 Å². The molecule has 0 fully saturated rings. The van der Waals surface area contributed by atoms with Crippen LogP contribution in [-0.4, -0.2) is 60.3 Å².